The molecule has 0 radical (unpaired) electrons. The first kappa shape index (κ1) is 28.4. The summed E-state index contributed by atoms with van der Waals surface area (Å²) in [5.74, 6) is -0.683. The first-order chi connectivity index (χ1) is 20.4. The van der Waals surface area contributed by atoms with Crippen LogP contribution in [0.25, 0.3) is 16.8 Å². The molecule has 0 unspecified atom stereocenters. The SMILES string of the molecule is Cc1ccccc1/C=C(\NC(=O)c1ccccc1)C(=O)Nc1ccc(SCC(=O)Nc2ccc3ccccc3c2)cc1. The zero-order valence-electron chi connectivity index (χ0n) is 23.0. The van der Waals surface area contributed by atoms with E-state index in [0.29, 0.717) is 11.3 Å². The maximum Gasteiger partial charge on any atom is 0.272 e. The molecule has 0 heterocycles. The van der Waals surface area contributed by atoms with E-state index in [0.717, 1.165) is 32.5 Å². The molecule has 6 nitrogen and oxygen atoms in total. The van der Waals surface area contributed by atoms with Crippen molar-refractivity contribution in [2.75, 3.05) is 16.4 Å². The summed E-state index contributed by atoms with van der Waals surface area (Å²) in [5.41, 5.74) is 3.70. The van der Waals surface area contributed by atoms with Crippen molar-refractivity contribution in [3.8, 4) is 0 Å². The fourth-order valence-corrected chi connectivity index (χ4v) is 4.99. The Morgan fingerprint density at radius 2 is 1.36 bits per heavy atom. The van der Waals surface area contributed by atoms with Crippen LogP contribution in [0.4, 0.5) is 11.4 Å². The monoisotopic (exact) mass is 571 g/mol. The molecule has 0 aromatic heterocycles. The predicted molar refractivity (Wildman–Crippen MR) is 171 cm³/mol. The molecule has 0 aliphatic rings. The fraction of sp³-hybridized carbons (Fsp3) is 0.0571. The average Bonchev–Trinajstić information content (AvgIpc) is 3.01. The largest absolute Gasteiger partial charge is 0.325 e. The Labute approximate surface area is 248 Å². The number of hydrogen-bond donors (Lipinski definition) is 3. The summed E-state index contributed by atoms with van der Waals surface area (Å²) in [6.45, 7) is 1.94. The third-order valence-corrected chi connectivity index (χ3v) is 7.54. The number of amides is 3. The first-order valence-electron chi connectivity index (χ1n) is 13.4. The Bertz CT molecular complexity index is 1770. The molecule has 0 spiro atoms. The highest BCUT2D eigenvalue weighted by Crippen LogP contribution is 2.23. The van der Waals surface area contributed by atoms with Crippen LogP contribution in [0.3, 0.4) is 0 Å². The van der Waals surface area contributed by atoms with E-state index < -0.39 is 5.91 Å². The highest BCUT2D eigenvalue weighted by atomic mass is 32.2. The third-order valence-electron chi connectivity index (χ3n) is 6.53. The summed E-state index contributed by atoms with van der Waals surface area (Å²) in [7, 11) is 0. The van der Waals surface area contributed by atoms with Gasteiger partial charge in [0.25, 0.3) is 11.8 Å². The van der Waals surface area contributed by atoms with E-state index in [1.807, 2.05) is 91.9 Å². The van der Waals surface area contributed by atoms with Gasteiger partial charge in [-0.25, -0.2) is 0 Å². The molecule has 7 heteroatoms. The van der Waals surface area contributed by atoms with E-state index in [4.69, 9.17) is 0 Å². The minimum absolute atomic E-state index is 0.104. The first-order valence-corrected chi connectivity index (χ1v) is 14.4. The zero-order chi connectivity index (χ0) is 29.3. The van der Waals surface area contributed by atoms with Crippen LogP contribution in [0.2, 0.25) is 0 Å². The van der Waals surface area contributed by atoms with Crippen molar-refractivity contribution in [2.45, 2.75) is 11.8 Å². The van der Waals surface area contributed by atoms with Gasteiger partial charge >= 0.3 is 0 Å². The second kappa shape index (κ2) is 13.5. The van der Waals surface area contributed by atoms with E-state index in [2.05, 4.69) is 16.0 Å². The Morgan fingerprint density at radius 1 is 0.690 bits per heavy atom. The lowest BCUT2D eigenvalue weighted by atomic mass is 10.1. The summed E-state index contributed by atoms with van der Waals surface area (Å²) >= 11 is 1.40. The molecule has 3 amide bonds. The lowest BCUT2D eigenvalue weighted by Gasteiger charge is -2.12. The molecule has 0 saturated heterocycles. The standard InChI is InChI=1S/C35H29N3O3S/c1-24-9-5-6-13-27(24)22-32(38-34(40)26-11-3-2-4-12-26)35(41)37-29-17-19-31(20-18-29)42-23-33(39)36-30-16-15-25-10-7-8-14-28(25)21-30/h2-22H,23H2,1H3,(H,36,39)(H,37,41)(H,38,40)/b32-22-. The average molecular weight is 572 g/mol. The van der Waals surface area contributed by atoms with E-state index >= 15 is 0 Å². The van der Waals surface area contributed by atoms with Crippen LogP contribution in [0, 0.1) is 6.92 Å². The van der Waals surface area contributed by atoms with Crippen molar-refractivity contribution in [2.24, 2.45) is 0 Å². The van der Waals surface area contributed by atoms with Gasteiger partial charge in [-0.05, 0) is 83.4 Å². The van der Waals surface area contributed by atoms with Crippen molar-refractivity contribution in [1.82, 2.24) is 5.32 Å². The van der Waals surface area contributed by atoms with Crippen LogP contribution in [0.15, 0.2) is 132 Å². The van der Waals surface area contributed by atoms with E-state index in [-0.39, 0.29) is 23.3 Å². The van der Waals surface area contributed by atoms with Crippen LogP contribution in [0.5, 0.6) is 0 Å². The molecule has 0 atom stereocenters. The summed E-state index contributed by atoms with van der Waals surface area (Å²) in [6.07, 6.45) is 1.67. The van der Waals surface area contributed by atoms with Crippen LogP contribution in [-0.4, -0.2) is 23.5 Å². The number of hydrogen-bond acceptors (Lipinski definition) is 4. The quantitative estimate of drug-likeness (QED) is 0.128. The van der Waals surface area contributed by atoms with E-state index in [1.165, 1.54) is 11.8 Å². The van der Waals surface area contributed by atoms with E-state index in [1.54, 1.807) is 42.5 Å². The number of aryl methyl sites for hydroxylation is 1. The number of rotatable bonds is 9. The summed E-state index contributed by atoms with van der Waals surface area (Å²) in [4.78, 5) is 39.6. The molecule has 0 saturated carbocycles. The third kappa shape index (κ3) is 7.53. The van der Waals surface area contributed by atoms with Crippen LogP contribution in [0.1, 0.15) is 21.5 Å². The number of thioether (sulfide) groups is 1. The molecule has 0 aliphatic heterocycles. The molecule has 0 bridgehead atoms. The second-order valence-electron chi connectivity index (χ2n) is 9.61. The van der Waals surface area contributed by atoms with Crippen molar-refractivity contribution in [3.05, 3.63) is 144 Å². The number of carbonyl (C=O) groups excluding carboxylic acids is 3. The Morgan fingerprint density at radius 3 is 2.12 bits per heavy atom. The van der Waals surface area contributed by atoms with Crippen LogP contribution in [-0.2, 0) is 9.59 Å². The van der Waals surface area contributed by atoms with Gasteiger partial charge < -0.3 is 16.0 Å². The molecular formula is C35H29N3O3S. The Kier molecular flexibility index (Phi) is 9.11. The molecule has 5 aromatic carbocycles. The number of benzene rings is 5. The van der Waals surface area contributed by atoms with Gasteiger partial charge in [-0.3, -0.25) is 14.4 Å². The van der Waals surface area contributed by atoms with Gasteiger partial charge in [-0.1, -0.05) is 72.8 Å². The van der Waals surface area contributed by atoms with Crippen molar-refractivity contribution in [1.29, 1.82) is 0 Å². The minimum Gasteiger partial charge on any atom is -0.325 e. The molecule has 208 valence electrons. The number of anilines is 2. The number of fused-ring (bicyclic) bond motifs is 1. The molecule has 5 aromatic rings. The Hall–Kier alpha value is -5.14. The predicted octanol–water partition coefficient (Wildman–Crippen LogP) is 7.29. The van der Waals surface area contributed by atoms with Gasteiger partial charge in [0.15, 0.2) is 0 Å². The molecule has 5 rings (SSSR count). The van der Waals surface area contributed by atoms with Gasteiger partial charge in [-0.15, -0.1) is 11.8 Å². The second-order valence-corrected chi connectivity index (χ2v) is 10.7. The Balaban J connectivity index is 1.21. The van der Waals surface area contributed by atoms with Crippen LogP contribution >= 0.6 is 11.8 Å². The normalized spacial score (nSPS) is 11.1. The van der Waals surface area contributed by atoms with Crippen LogP contribution < -0.4 is 16.0 Å². The maximum atomic E-state index is 13.3. The molecular weight excluding hydrogens is 542 g/mol. The van der Waals surface area contributed by atoms with Gasteiger partial charge in [0.2, 0.25) is 5.91 Å². The summed E-state index contributed by atoms with van der Waals surface area (Å²) in [6, 6.07) is 37.4. The fourth-order valence-electron chi connectivity index (χ4n) is 4.29. The lowest BCUT2D eigenvalue weighted by Crippen LogP contribution is -2.30. The van der Waals surface area contributed by atoms with Gasteiger partial charge in [0, 0.05) is 21.8 Å². The summed E-state index contributed by atoms with van der Waals surface area (Å²) in [5, 5.41) is 10.8. The zero-order valence-corrected chi connectivity index (χ0v) is 23.8. The minimum atomic E-state index is -0.447. The topological polar surface area (TPSA) is 87.3 Å². The van der Waals surface area contributed by atoms with Gasteiger partial charge in [-0.2, -0.15) is 0 Å². The number of carbonyl (C=O) groups is 3. The molecule has 0 aliphatic carbocycles. The molecule has 3 N–H and O–H groups in total. The lowest BCUT2D eigenvalue weighted by molar-refractivity contribution is -0.114. The van der Waals surface area contributed by atoms with Gasteiger partial charge in [0.1, 0.15) is 5.70 Å². The van der Waals surface area contributed by atoms with Gasteiger partial charge in [0.05, 0.1) is 5.75 Å². The van der Waals surface area contributed by atoms with E-state index in [9.17, 15) is 14.4 Å². The maximum absolute atomic E-state index is 13.3. The highest BCUT2D eigenvalue weighted by Gasteiger charge is 2.16. The summed E-state index contributed by atoms with van der Waals surface area (Å²) < 4.78 is 0. The number of nitrogens with one attached hydrogen (secondary N) is 3. The molecule has 42 heavy (non-hydrogen) atoms. The van der Waals surface area contributed by atoms with Crippen molar-refractivity contribution in [3.63, 3.8) is 0 Å². The smallest absolute Gasteiger partial charge is 0.272 e. The van der Waals surface area contributed by atoms with Crippen molar-refractivity contribution >= 4 is 57.7 Å². The van der Waals surface area contributed by atoms with Crippen molar-refractivity contribution < 1.29 is 14.4 Å². The highest BCUT2D eigenvalue weighted by molar-refractivity contribution is 8.00. The molecule has 0 fully saturated rings.